The highest BCUT2D eigenvalue weighted by Gasteiger charge is 2.31. The highest BCUT2D eigenvalue weighted by molar-refractivity contribution is 5.99. The molecular formula is C16H23NO2. The Balaban J connectivity index is 2.17. The molecule has 0 spiro atoms. The van der Waals surface area contributed by atoms with Gasteiger partial charge in [-0.3, -0.25) is 4.79 Å². The van der Waals surface area contributed by atoms with Crippen LogP contribution in [0, 0.1) is 6.92 Å². The van der Waals surface area contributed by atoms with Crippen LogP contribution in [0.25, 0.3) is 0 Å². The number of ether oxygens (including phenoxy) is 1. The Bertz CT molecular complexity index is 462. The van der Waals surface area contributed by atoms with Gasteiger partial charge in [0.25, 0.3) is 0 Å². The van der Waals surface area contributed by atoms with Crippen molar-refractivity contribution in [2.45, 2.75) is 51.0 Å². The smallest absolute Gasteiger partial charge is 0.168 e. The van der Waals surface area contributed by atoms with Gasteiger partial charge < -0.3 is 10.5 Å². The third kappa shape index (κ3) is 3.35. The van der Waals surface area contributed by atoms with Gasteiger partial charge in [0.1, 0.15) is 5.75 Å². The Morgan fingerprint density at radius 2 is 2.00 bits per heavy atom. The first kappa shape index (κ1) is 14.1. The second kappa shape index (κ2) is 5.74. The lowest BCUT2D eigenvalue weighted by Gasteiger charge is -2.32. The number of benzene rings is 1. The largest absolute Gasteiger partial charge is 0.496 e. The molecule has 3 nitrogen and oxygen atoms in total. The summed E-state index contributed by atoms with van der Waals surface area (Å²) in [6.45, 7) is 1.98. The standard InChI is InChI=1S/C16H23NO2/c1-12-6-7-15(19-2)13(10-12)14(18)11-16(17)8-4-3-5-9-16/h6-7,10H,3-5,8-9,11,17H2,1-2H3. The van der Waals surface area contributed by atoms with Gasteiger partial charge in [0.05, 0.1) is 12.7 Å². The van der Waals surface area contributed by atoms with E-state index in [1.807, 2.05) is 25.1 Å². The molecule has 0 radical (unpaired) electrons. The number of carbonyl (C=O) groups excluding carboxylic acids is 1. The second-order valence-corrected chi connectivity index (χ2v) is 5.73. The van der Waals surface area contributed by atoms with Crippen molar-refractivity contribution in [3.8, 4) is 5.75 Å². The second-order valence-electron chi connectivity index (χ2n) is 5.73. The summed E-state index contributed by atoms with van der Waals surface area (Å²) >= 11 is 0. The van der Waals surface area contributed by atoms with Crippen LogP contribution >= 0.6 is 0 Å². The zero-order valence-corrected chi connectivity index (χ0v) is 11.9. The summed E-state index contributed by atoms with van der Waals surface area (Å²) in [5, 5.41) is 0. The van der Waals surface area contributed by atoms with Crippen LogP contribution < -0.4 is 10.5 Å². The van der Waals surface area contributed by atoms with E-state index in [1.165, 1.54) is 6.42 Å². The molecule has 0 atom stereocenters. The number of methoxy groups -OCH3 is 1. The van der Waals surface area contributed by atoms with Crippen LogP contribution in [0.2, 0.25) is 0 Å². The monoisotopic (exact) mass is 261 g/mol. The molecule has 0 unspecified atom stereocenters. The molecule has 1 aliphatic rings. The number of Topliss-reactive ketones (excluding diaryl/α,β-unsaturated/α-hetero) is 1. The molecule has 1 aromatic rings. The molecule has 1 saturated carbocycles. The van der Waals surface area contributed by atoms with E-state index in [2.05, 4.69) is 0 Å². The van der Waals surface area contributed by atoms with Gasteiger partial charge in [0, 0.05) is 12.0 Å². The maximum atomic E-state index is 12.5. The minimum absolute atomic E-state index is 0.102. The normalized spacial score (nSPS) is 18.1. The molecule has 0 heterocycles. The highest BCUT2D eigenvalue weighted by Crippen LogP contribution is 2.31. The molecular weight excluding hydrogens is 238 g/mol. The summed E-state index contributed by atoms with van der Waals surface area (Å²) in [7, 11) is 1.60. The summed E-state index contributed by atoms with van der Waals surface area (Å²) in [5.74, 6) is 0.750. The molecule has 0 saturated heterocycles. The Labute approximate surface area is 115 Å². The van der Waals surface area contributed by atoms with E-state index in [1.54, 1.807) is 7.11 Å². The van der Waals surface area contributed by atoms with Crippen LogP contribution in [0.4, 0.5) is 0 Å². The minimum atomic E-state index is -0.315. The number of hydrogen-bond acceptors (Lipinski definition) is 3. The lowest BCUT2D eigenvalue weighted by Crippen LogP contribution is -2.43. The topological polar surface area (TPSA) is 52.3 Å². The number of rotatable bonds is 4. The summed E-state index contributed by atoms with van der Waals surface area (Å²) in [6.07, 6.45) is 5.83. The van der Waals surface area contributed by atoms with Crippen molar-refractivity contribution in [2.24, 2.45) is 5.73 Å². The quantitative estimate of drug-likeness (QED) is 0.846. The van der Waals surface area contributed by atoms with Gasteiger partial charge >= 0.3 is 0 Å². The maximum absolute atomic E-state index is 12.5. The predicted molar refractivity (Wildman–Crippen MR) is 76.7 cm³/mol. The highest BCUT2D eigenvalue weighted by atomic mass is 16.5. The van der Waals surface area contributed by atoms with E-state index in [0.29, 0.717) is 17.7 Å². The summed E-state index contributed by atoms with van der Waals surface area (Å²) < 4.78 is 5.28. The van der Waals surface area contributed by atoms with Gasteiger partial charge in [-0.15, -0.1) is 0 Å². The molecule has 19 heavy (non-hydrogen) atoms. The molecule has 3 heteroatoms. The lowest BCUT2D eigenvalue weighted by molar-refractivity contribution is 0.0931. The van der Waals surface area contributed by atoms with Gasteiger partial charge in [0.2, 0.25) is 0 Å². The Morgan fingerprint density at radius 3 is 2.63 bits per heavy atom. The molecule has 2 rings (SSSR count). The Kier molecular flexibility index (Phi) is 4.25. The van der Waals surface area contributed by atoms with Crippen molar-refractivity contribution in [3.05, 3.63) is 29.3 Å². The molecule has 104 valence electrons. The minimum Gasteiger partial charge on any atom is -0.496 e. The Hall–Kier alpha value is -1.35. The predicted octanol–water partition coefficient (Wildman–Crippen LogP) is 3.24. The molecule has 1 fully saturated rings. The van der Waals surface area contributed by atoms with Crippen molar-refractivity contribution in [1.29, 1.82) is 0 Å². The van der Waals surface area contributed by atoms with Crippen LogP contribution in [0.3, 0.4) is 0 Å². The Morgan fingerprint density at radius 1 is 1.32 bits per heavy atom. The van der Waals surface area contributed by atoms with Crippen molar-refractivity contribution < 1.29 is 9.53 Å². The molecule has 0 bridgehead atoms. The van der Waals surface area contributed by atoms with E-state index in [4.69, 9.17) is 10.5 Å². The summed E-state index contributed by atoms with van der Waals surface area (Å²) in [6, 6.07) is 5.70. The third-order valence-electron chi connectivity index (χ3n) is 4.02. The number of nitrogens with two attached hydrogens (primary N) is 1. The average molecular weight is 261 g/mol. The third-order valence-corrected chi connectivity index (χ3v) is 4.02. The van der Waals surface area contributed by atoms with E-state index in [0.717, 1.165) is 31.2 Å². The summed E-state index contributed by atoms with van der Waals surface area (Å²) in [5.41, 5.74) is 7.78. The zero-order valence-electron chi connectivity index (χ0n) is 11.9. The molecule has 0 aliphatic heterocycles. The van der Waals surface area contributed by atoms with Gasteiger partial charge in [-0.2, -0.15) is 0 Å². The van der Waals surface area contributed by atoms with E-state index in [-0.39, 0.29) is 11.3 Å². The lowest BCUT2D eigenvalue weighted by atomic mass is 9.78. The first-order valence-corrected chi connectivity index (χ1v) is 7.01. The average Bonchev–Trinajstić information content (AvgIpc) is 2.39. The molecule has 1 aromatic carbocycles. The van der Waals surface area contributed by atoms with Gasteiger partial charge in [-0.1, -0.05) is 30.9 Å². The van der Waals surface area contributed by atoms with E-state index in [9.17, 15) is 4.79 Å². The van der Waals surface area contributed by atoms with Crippen molar-refractivity contribution in [1.82, 2.24) is 0 Å². The van der Waals surface area contributed by atoms with Crippen LogP contribution in [-0.2, 0) is 0 Å². The first-order chi connectivity index (χ1) is 9.04. The molecule has 2 N–H and O–H groups in total. The van der Waals surface area contributed by atoms with Gasteiger partial charge in [-0.05, 0) is 31.9 Å². The van der Waals surface area contributed by atoms with Crippen molar-refractivity contribution in [2.75, 3.05) is 7.11 Å². The van der Waals surface area contributed by atoms with Crippen LogP contribution in [0.5, 0.6) is 5.75 Å². The van der Waals surface area contributed by atoms with Crippen molar-refractivity contribution >= 4 is 5.78 Å². The number of hydrogen-bond donors (Lipinski definition) is 1. The van der Waals surface area contributed by atoms with E-state index < -0.39 is 0 Å². The van der Waals surface area contributed by atoms with Crippen LogP contribution in [0.15, 0.2) is 18.2 Å². The van der Waals surface area contributed by atoms with Crippen LogP contribution in [0.1, 0.15) is 54.4 Å². The molecule has 1 aliphatic carbocycles. The van der Waals surface area contributed by atoms with Gasteiger partial charge in [-0.25, -0.2) is 0 Å². The van der Waals surface area contributed by atoms with E-state index >= 15 is 0 Å². The molecule has 0 amide bonds. The van der Waals surface area contributed by atoms with Gasteiger partial charge in [0.15, 0.2) is 5.78 Å². The fraction of sp³-hybridized carbons (Fsp3) is 0.562. The maximum Gasteiger partial charge on any atom is 0.168 e. The fourth-order valence-electron chi connectivity index (χ4n) is 2.89. The number of aryl methyl sites for hydroxylation is 1. The van der Waals surface area contributed by atoms with Crippen molar-refractivity contribution in [3.63, 3.8) is 0 Å². The number of ketones is 1. The SMILES string of the molecule is COc1ccc(C)cc1C(=O)CC1(N)CCCCC1. The van der Waals surface area contributed by atoms with Crippen LogP contribution in [-0.4, -0.2) is 18.4 Å². The fourth-order valence-corrected chi connectivity index (χ4v) is 2.89. The molecule has 0 aromatic heterocycles. The summed E-state index contributed by atoms with van der Waals surface area (Å²) in [4.78, 5) is 12.5. The first-order valence-electron chi connectivity index (χ1n) is 7.01. The zero-order chi connectivity index (χ0) is 13.9. The number of carbonyl (C=O) groups is 1.